The lowest BCUT2D eigenvalue weighted by atomic mass is 9.98. The first-order valence-electron chi connectivity index (χ1n) is 8.02. The topological polar surface area (TPSA) is 24.1 Å². The summed E-state index contributed by atoms with van der Waals surface area (Å²) in [7, 11) is 0. The molecule has 0 aliphatic rings. The van der Waals surface area contributed by atoms with E-state index in [0.29, 0.717) is 10.8 Å². The van der Waals surface area contributed by atoms with Gasteiger partial charge in [0.15, 0.2) is 5.11 Å². The second-order valence-electron chi connectivity index (χ2n) is 5.99. The molecule has 1 atom stereocenters. The molecule has 6 heteroatoms. The van der Waals surface area contributed by atoms with Gasteiger partial charge in [-0.15, -0.1) is 0 Å². The molecule has 2 N–H and O–H groups in total. The van der Waals surface area contributed by atoms with Crippen molar-refractivity contribution in [3.63, 3.8) is 0 Å². The molecule has 0 aliphatic heterocycles. The van der Waals surface area contributed by atoms with Gasteiger partial charge >= 0.3 is 6.18 Å². The molecule has 25 heavy (non-hydrogen) atoms. The minimum atomic E-state index is -4.34. The van der Waals surface area contributed by atoms with Crippen molar-refractivity contribution in [2.24, 2.45) is 0 Å². The zero-order valence-corrected chi connectivity index (χ0v) is 15.2. The Balaban J connectivity index is 2.05. The molecular formula is C19H21F3N2S. The first-order chi connectivity index (χ1) is 11.7. The van der Waals surface area contributed by atoms with Crippen molar-refractivity contribution >= 4 is 23.0 Å². The van der Waals surface area contributed by atoms with Crippen molar-refractivity contribution in [1.82, 2.24) is 5.32 Å². The first kappa shape index (κ1) is 19.2. The molecule has 0 radical (unpaired) electrons. The number of hydrogen-bond donors (Lipinski definition) is 2. The van der Waals surface area contributed by atoms with Crippen LogP contribution in [0.3, 0.4) is 0 Å². The van der Waals surface area contributed by atoms with Gasteiger partial charge in [-0.25, -0.2) is 0 Å². The molecule has 0 spiro atoms. The second-order valence-corrected chi connectivity index (χ2v) is 6.40. The second kappa shape index (κ2) is 7.87. The van der Waals surface area contributed by atoms with E-state index in [0.717, 1.165) is 24.1 Å². The van der Waals surface area contributed by atoms with Crippen LogP contribution in [0.1, 0.15) is 41.6 Å². The van der Waals surface area contributed by atoms with Gasteiger partial charge in [0.25, 0.3) is 0 Å². The van der Waals surface area contributed by atoms with E-state index in [1.165, 1.54) is 23.3 Å². The molecule has 0 saturated carbocycles. The molecule has 0 saturated heterocycles. The van der Waals surface area contributed by atoms with Gasteiger partial charge < -0.3 is 10.6 Å². The van der Waals surface area contributed by atoms with Crippen molar-refractivity contribution in [3.05, 3.63) is 64.7 Å². The molecule has 0 unspecified atom stereocenters. The van der Waals surface area contributed by atoms with Crippen molar-refractivity contribution in [1.29, 1.82) is 0 Å². The lowest BCUT2D eigenvalue weighted by Crippen LogP contribution is -2.32. The number of alkyl halides is 3. The zero-order chi connectivity index (χ0) is 18.6. The summed E-state index contributed by atoms with van der Waals surface area (Å²) in [6, 6.07) is 11.1. The van der Waals surface area contributed by atoms with Crippen LogP contribution in [0.2, 0.25) is 0 Å². The van der Waals surface area contributed by atoms with Crippen LogP contribution < -0.4 is 10.6 Å². The lowest BCUT2D eigenvalue weighted by molar-refractivity contribution is -0.137. The monoisotopic (exact) mass is 366 g/mol. The van der Waals surface area contributed by atoms with Crippen molar-refractivity contribution < 1.29 is 13.2 Å². The standard InChI is InChI=1S/C19H21F3N2S/c1-4-17(16-10-5-12(2)11-13(16)3)24-18(25)23-15-8-6-14(7-9-15)19(20,21)22/h5-11,17H,4H2,1-3H3,(H2,23,24,25)/t17-/m0/s1. The minimum absolute atomic E-state index is 0.0371. The summed E-state index contributed by atoms with van der Waals surface area (Å²) in [5, 5.41) is 6.55. The fraction of sp³-hybridized carbons (Fsp3) is 0.316. The zero-order valence-electron chi connectivity index (χ0n) is 14.4. The fourth-order valence-corrected chi connectivity index (χ4v) is 2.94. The summed E-state index contributed by atoms with van der Waals surface area (Å²) in [5.41, 5.74) is 3.36. The highest BCUT2D eigenvalue weighted by Crippen LogP contribution is 2.30. The molecule has 2 rings (SSSR count). The molecular weight excluding hydrogens is 345 g/mol. The van der Waals surface area contributed by atoms with Crippen LogP contribution >= 0.6 is 12.2 Å². The summed E-state index contributed by atoms with van der Waals surface area (Å²) in [6.45, 7) is 6.15. The van der Waals surface area contributed by atoms with Crippen LogP contribution in [0, 0.1) is 13.8 Å². The van der Waals surface area contributed by atoms with E-state index in [1.807, 2.05) is 6.92 Å². The maximum absolute atomic E-state index is 12.6. The third-order valence-corrected chi connectivity index (χ3v) is 4.20. The predicted octanol–water partition coefficient (Wildman–Crippen LogP) is 5.76. The number of hydrogen-bond acceptors (Lipinski definition) is 1. The van der Waals surface area contributed by atoms with Crippen molar-refractivity contribution in [2.75, 3.05) is 5.32 Å². The van der Waals surface area contributed by atoms with Crippen LogP contribution in [0.5, 0.6) is 0 Å². The smallest absolute Gasteiger partial charge is 0.356 e. The maximum Gasteiger partial charge on any atom is 0.416 e. The number of thiocarbonyl (C=S) groups is 1. The molecule has 0 heterocycles. The predicted molar refractivity (Wildman–Crippen MR) is 99.7 cm³/mol. The average molecular weight is 366 g/mol. The van der Waals surface area contributed by atoms with Gasteiger partial charge in [-0.1, -0.05) is 30.7 Å². The van der Waals surface area contributed by atoms with Crippen LogP contribution in [0.25, 0.3) is 0 Å². The van der Waals surface area contributed by atoms with Crippen LogP contribution in [0.4, 0.5) is 18.9 Å². The van der Waals surface area contributed by atoms with E-state index in [1.54, 1.807) is 0 Å². The van der Waals surface area contributed by atoms with Crippen molar-refractivity contribution in [2.45, 2.75) is 39.4 Å². The van der Waals surface area contributed by atoms with E-state index >= 15 is 0 Å². The SMILES string of the molecule is CC[C@H](NC(=S)Nc1ccc(C(F)(F)F)cc1)c1ccc(C)cc1C. The molecule has 134 valence electrons. The van der Waals surface area contributed by atoms with E-state index in [9.17, 15) is 13.2 Å². The number of aryl methyl sites for hydroxylation is 2. The summed E-state index contributed by atoms with van der Waals surface area (Å²) in [4.78, 5) is 0. The number of anilines is 1. The highest BCUT2D eigenvalue weighted by atomic mass is 32.1. The van der Waals surface area contributed by atoms with Crippen LogP contribution in [-0.2, 0) is 6.18 Å². The first-order valence-corrected chi connectivity index (χ1v) is 8.43. The molecule has 0 aliphatic carbocycles. The molecule has 0 fully saturated rings. The van der Waals surface area contributed by atoms with Gasteiger partial charge in [-0.2, -0.15) is 13.2 Å². The van der Waals surface area contributed by atoms with E-state index in [4.69, 9.17) is 12.2 Å². The van der Waals surface area contributed by atoms with Gasteiger partial charge in [-0.3, -0.25) is 0 Å². The minimum Gasteiger partial charge on any atom is -0.356 e. The molecule has 2 nitrogen and oxygen atoms in total. The summed E-state index contributed by atoms with van der Waals surface area (Å²) >= 11 is 5.31. The molecule has 0 amide bonds. The normalized spacial score (nSPS) is 12.6. The molecule has 2 aromatic rings. The lowest BCUT2D eigenvalue weighted by Gasteiger charge is -2.22. The quantitative estimate of drug-likeness (QED) is 0.673. The Hall–Kier alpha value is -2.08. The van der Waals surface area contributed by atoms with Gasteiger partial charge in [0.1, 0.15) is 0 Å². The Kier molecular flexibility index (Phi) is 6.06. The third-order valence-electron chi connectivity index (χ3n) is 3.98. The molecule has 0 aromatic heterocycles. The Morgan fingerprint density at radius 2 is 1.72 bits per heavy atom. The van der Waals surface area contributed by atoms with Gasteiger partial charge in [-0.05, 0) is 67.9 Å². The van der Waals surface area contributed by atoms with Crippen LogP contribution in [0.15, 0.2) is 42.5 Å². The van der Waals surface area contributed by atoms with E-state index in [2.05, 4.69) is 42.7 Å². The highest BCUT2D eigenvalue weighted by Gasteiger charge is 2.29. The number of benzene rings is 2. The Bertz CT molecular complexity index is 739. The van der Waals surface area contributed by atoms with E-state index < -0.39 is 11.7 Å². The Morgan fingerprint density at radius 1 is 1.08 bits per heavy atom. The van der Waals surface area contributed by atoms with Gasteiger partial charge in [0, 0.05) is 5.69 Å². The fourth-order valence-electron chi connectivity index (χ4n) is 2.68. The number of halogens is 3. The summed E-state index contributed by atoms with van der Waals surface area (Å²) in [5.74, 6) is 0. The van der Waals surface area contributed by atoms with E-state index in [-0.39, 0.29) is 6.04 Å². The van der Waals surface area contributed by atoms with Gasteiger partial charge in [0.05, 0.1) is 11.6 Å². The molecule has 2 aromatic carbocycles. The Labute approximate surface area is 151 Å². The third kappa shape index (κ3) is 5.19. The Morgan fingerprint density at radius 3 is 2.24 bits per heavy atom. The maximum atomic E-state index is 12.6. The van der Waals surface area contributed by atoms with Crippen molar-refractivity contribution in [3.8, 4) is 0 Å². The van der Waals surface area contributed by atoms with Gasteiger partial charge in [0.2, 0.25) is 0 Å². The highest BCUT2D eigenvalue weighted by molar-refractivity contribution is 7.80. The van der Waals surface area contributed by atoms with Crippen LogP contribution in [-0.4, -0.2) is 5.11 Å². The number of nitrogens with one attached hydrogen (secondary N) is 2. The number of rotatable bonds is 4. The summed E-state index contributed by atoms with van der Waals surface area (Å²) < 4.78 is 37.8. The summed E-state index contributed by atoms with van der Waals surface area (Å²) in [6.07, 6.45) is -3.51. The average Bonchev–Trinajstić information content (AvgIpc) is 2.53. The largest absolute Gasteiger partial charge is 0.416 e. The molecule has 0 bridgehead atoms.